The Morgan fingerprint density at radius 1 is 1.67 bits per heavy atom. The Labute approximate surface area is 91.0 Å². The summed E-state index contributed by atoms with van der Waals surface area (Å²) in [7, 11) is 0. The third-order valence-electron chi connectivity index (χ3n) is 2.39. The highest BCUT2D eigenvalue weighted by Gasteiger charge is 2.24. The predicted octanol–water partition coefficient (Wildman–Crippen LogP) is -0.406. The lowest BCUT2D eigenvalue weighted by Crippen LogP contribution is -2.44. The normalized spacial score (nSPS) is 19.0. The first-order chi connectivity index (χ1) is 7.15. The number of carbonyl (C=O) groups is 1. The van der Waals surface area contributed by atoms with Crippen LogP contribution < -0.4 is 16.4 Å². The first-order valence-corrected chi connectivity index (χ1v) is 5.37. The molecule has 0 aromatic rings. The number of hydrogen-bond donors (Lipinski definition) is 3. The first-order valence-electron chi connectivity index (χ1n) is 5.37. The highest BCUT2D eigenvalue weighted by molar-refractivity contribution is 5.77. The lowest BCUT2D eigenvalue weighted by molar-refractivity contribution is -0.121. The van der Waals surface area contributed by atoms with Gasteiger partial charge in [0.15, 0.2) is 0 Å². The number of hydrogen-bond acceptors (Lipinski definition) is 3. The number of amides is 1. The van der Waals surface area contributed by atoms with Gasteiger partial charge in [-0.25, -0.2) is 0 Å². The molecule has 1 aliphatic rings. The molecule has 0 radical (unpaired) electrons. The fourth-order valence-corrected chi connectivity index (χ4v) is 1.35. The summed E-state index contributed by atoms with van der Waals surface area (Å²) in [6.45, 7) is 2.30. The predicted molar refractivity (Wildman–Crippen MR) is 60.1 cm³/mol. The Balaban J connectivity index is 2.25. The Kier molecular flexibility index (Phi) is 4.60. The van der Waals surface area contributed by atoms with Crippen molar-refractivity contribution in [3.63, 3.8) is 0 Å². The monoisotopic (exact) mass is 209 g/mol. The summed E-state index contributed by atoms with van der Waals surface area (Å²) in [6.07, 6.45) is 7.85. The van der Waals surface area contributed by atoms with Crippen LogP contribution in [0.1, 0.15) is 26.2 Å². The highest BCUT2D eigenvalue weighted by Crippen LogP contribution is 2.18. The second-order valence-electron chi connectivity index (χ2n) is 4.03. The molecule has 2 unspecified atom stereocenters. The van der Waals surface area contributed by atoms with Gasteiger partial charge in [0.1, 0.15) is 0 Å². The van der Waals surface area contributed by atoms with Gasteiger partial charge >= 0.3 is 0 Å². The molecule has 0 saturated heterocycles. The second-order valence-corrected chi connectivity index (χ2v) is 4.03. The quantitative estimate of drug-likeness (QED) is 0.521. The maximum absolute atomic E-state index is 11.5. The van der Waals surface area contributed by atoms with E-state index in [1.54, 1.807) is 0 Å². The molecular formula is C11H19N3O. The number of rotatable bonds is 6. The van der Waals surface area contributed by atoms with Gasteiger partial charge < -0.3 is 11.1 Å². The molecule has 0 bridgehead atoms. The van der Waals surface area contributed by atoms with Crippen LogP contribution in [0.2, 0.25) is 0 Å². The number of carbonyl (C=O) groups excluding carboxylic acids is 1. The van der Waals surface area contributed by atoms with E-state index in [0.29, 0.717) is 19.0 Å². The van der Waals surface area contributed by atoms with Gasteiger partial charge in [0.25, 0.3) is 0 Å². The van der Waals surface area contributed by atoms with Crippen molar-refractivity contribution in [3.05, 3.63) is 0 Å². The molecule has 1 fully saturated rings. The van der Waals surface area contributed by atoms with E-state index in [9.17, 15) is 4.79 Å². The Hall–Kier alpha value is -1.05. The molecule has 0 spiro atoms. The summed E-state index contributed by atoms with van der Waals surface area (Å²) in [6, 6.07) is 0.322. The topological polar surface area (TPSA) is 67.1 Å². The molecule has 4 nitrogen and oxygen atoms in total. The Morgan fingerprint density at radius 2 is 2.33 bits per heavy atom. The van der Waals surface area contributed by atoms with Crippen molar-refractivity contribution < 1.29 is 4.79 Å². The van der Waals surface area contributed by atoms with Crippen LogP contribution in [0.3, 0.4) is 0 Å². The van der Waals surface area contributed by atoms with E-state index in [4.69, 9.17) is 12.2 Å². The van der Waals surface area contributed by atoms with Gasteiger partial charge in [-0.1, -0.05) is 5.92 Å². The Morgan fingerprint density at radius 3 is 2.80 bits per heavy atom. The summed E-state index contributed by atoms with van der Waals surface area (Å²) < 4.78 is 0. The molecule has 84 valence electrons. The number of nitrogens with two attached hydrogens (primary N) is 1. The summed E-state index contributed by atoms with van der Waals surface area (Å²) in [5.41, 5.74) is 5.56. The minimum absolute atomic E-state index is 0.0326. The first kappa shape index (κ1) is 12.0. The third kappa shape index (κ3) is 4.82. The van der Waals surface area contributed by atoms with Gasteiger partial charge in [0, 0.05) is 25.0 Å². The van der Waals surface area contributed by atoms with E-state index < -0.39 is 0 Å². The summed E-state index contributed by atoms with van der Waals surface area (Å²) in [5, 5.41) is 6.04. The zero-order valence-corrected chi connectivity index (χ0v) is 9.12. The van der Waals surface area contributed by atoms with Gasteiger partial charge in [-0.05, 0) is 19.8 Å². The molecule has 0 aromatic carbocycles. The van der Waals surface area contributed by atoms with E-state index in [2.05, 4.69) is 16.6 Å². The molecule has 2 atom stereocenters. The van der Waals surface area contributed by atoms with Crippen LogP contribution in [0.4, 0.5) is 0 Å². The van der Waals surface area contributed by atoms with Crippen molar-refractivity contribution in [1.29, 1.82) is 0 Å². The zero-order valence-electron chi connectivity index (χ0n) is 9.12. The van der Waals surface area contributed by atoms with E-state index in [1.165, 1.54) is 0 Å². The second kappa shape index (κ2) is 5.74. The van der Waals surface area contributed by atoms with Crippen LogP contribution in [0.15, 0.2) is 0 Å². The Bertz CT molecular complexity index is 255. The lowest BCUT2D eigenvalue weighted by Gasteiger charge is -2.18. The van der Waals surface area contributed by atoms with E-state index >= 15 is 0 Å². The number of nitrogens with one attached hydrogen (secondary N) is 2. The van der Waals surface area contributed by atoms with Crippen LogP contribution in [-0.2, 0) is 4.79 Å². The average Bonchev–Trinajstić information content (AvgIpc) is 3.00. The van der Waals surface area contributed by atoms with Gasteiger partial charge in [-0.2, -0.15) is 0 Å². The van der Waals surface area contributed by atoms with Crippen LogP contribution >= 0.6 is 0 Å². The van der Waals surface area contributed by atoms with E-state index in [-0.39, 0.29) is 18.0 Å². The smallest absolute Gasteiger partial charge is 0.221 e. The van der Waals surface area contributed by atoms with E-state index in [0.717, 1.165) is 12.8 Å². The van der Waals surface area contributed by atoms with Crippen LogP contribution in [0, 0.1) is 12.3 Å². The average molecular weight is 209 g/mol. The van der Waals surface area contributed by atoms with Crippen molar-refractivity contribution in [3.8, 4) is 12.3 Å². The molecular weight excluding hydrogens is 190 g/mol. The molecule has 1 aliphatic carbocycles. The zero-order chi connectivity index (χ0) is 11.3. The van der Waals surface area contributed by atoms with Gasteiger partial charge in [-0.15, -0.1) is 6.42 Å². The summed E-state index contributed by atoms with van der Waals surface area (Å²) in [5.74, 6) is 2.62. The van der Waals surface area contributed by atoms with Crippen molar-refractivity contribution in [1.82, 2.24) is 10.6 Å². The van der Waals surface area contributed by atoms with Crippen molar-refractivity contribution in [2.45, 2.75) is 44.3 Å². The molecule has 1 rings (SSSR count). The van der Waals surface area contributed by atoms with E-state index in [1.807, 2.05) is 6.92 Å². The minimum atomic E-state index is -0.0488. The van der Waals surface area contributed by atoms with Crippen molar-refractivity contribution in [2.75, 3.05) is 6.54 Å². The third-order valence-corrected chi connectivity index (χ3v) is 2.39. The number of terminal acetylenes is 1. The maximum atomic E-state index is 11.5. The van der Waals surface area contributed by atoms with Gasteiger partial charge in [0.05, 0.1) is 6.04 Å². The van der Waals surface area contributed by atoms with Crippen LogP contribution in [0.5, 0.6) is 0 Å². The lowest BCUT2D eigenvalue weighted by atomic mass is 10.1. The molecule has 15 heavy (non-hydrogen) atoms. The standard InChI is InChI=1S/C11H19N3O/c1-3-8(2)13-10(7-12)6-11(15)14-9-4-5-9/h1,8-10,13H,4-7,12H2,2H3,(H,14,15). The summed E-state index contributed by atoms with van der Waals surface area (Å²) >= 11 is 0. The highest BCUT2D eigenvalue weighted by atomic mass is 16.1. The molecule has 4 N–H and O–H groups in total. The van der Waals surface area contributed by atoms with Crippen molar-refractivity contribution in [2.24, 2.45) is 5.73 Å². The SMILES string of the molecule is C#CC(C)NC(CN)CC(=O)NC1CC1. The fourth-order valence-electron chi connectivity index (χ4n) is 1.35. The van der Waals surface area contributed by atoms with Crippen LogP contribution in [-0.4, -0.2) is 30.6 Å². The summed E-state index contributed by atoms with van der Waals surface area (Å²) in [4.78, 5) is 11.5. The minimum Gasteiger partial charge on any atom is -0.353 e. The van der Waals surface area contributed by atoms with Crippen molar-refractivity contribution >= 4 is 5.91 Å². The molecule has 0 aromatic heterocycles. The molecule has 0 aliphatic heterocycles. The molecule has 1 amide bonds. The molecule has 0 heterocycles. The maximum Gasteiger partial charge on any atom is 0.221 e. The molecule has 4 heteroatoms. The van der Waals surface area contributed by atoms with Crippen LogP contribution in [0.25, 0.3) is 0 Å². The fraction of sp³-hybridized carbons (Fsp3) is 0.727. The van der Waals surface area contributed by atoms with Gasteiger partial charge in [-0.3, -0.25) is 10.1 Å². The largest absolute Gasteiger partial charge is 0.353 e. The molecule has 1 saturated carbocycles. The van der Waals surface area contributed by atoms with Gasteiger partial charge in [0.2, 0.25) is 5.91 Å².